The van der Waals surface area contributed by atoms with Gasteiger partial charge in [0.05, 0.1) is 11.6 Å². The van der Waals surface area contributed by atoms with Crippen molar-refractivity contribution < 1.29 is 14.7 Å². The molecule has 0 spiro atoms. The summed E-state index contributed by atoms with van der Waals surface area (Å²) in [6.45, 7) is 2.29. The largest absolute Gasteiger partial charge is 0.507 e. The summed E-state index contributed by atoms with van der Waals surface area (Å²) in [4.78, 5) is 27.6. The van der Waals surface area contributed by atoms with Gasteiger partial charge in [-0.3, -0.25) is 9.59 Å². The van der Waals surface area contributed by atoms with Crippen LogP contribution in [0.4, 0.5) is 0 Å². The molecule has 3 aromatic rings. The molecule has 1 unspecified atom stereocenters. The fourth-order valence-electron chi connectivity index (χ4n) is 3.90. The van der Waals surface area contributed by atoms with Crippen molar-refractivity contribution in [2.75, 3.05) is 6.54 Å². The van der Waals surface area contributed by atoms with E-state index in [9.17, 15) is 14.7 Å². The summed E-state index contributed by atoms with van der Waals surface area (Å²) in [6, 6.07) is 23.3. The van der Waals surface area contributed by atoms with E-state index in [-0.39, 0.29) is 11.3 Å². The van der Waals surface area contributed by atoms with Crippen LogP contribution < -0.4 is 0 Å². The predicted octanol–water partition coefficient (Wildman–Crippen LogP) is 5.31. The minimum Gasteiger partial charge on any atom is -0.507 e. The number of carbonyl (C=O) groups is 2. The second-order valence-electron chi connectivity index (χ2n) is 7.65. The van der Waals surface area contributed by atoms with Crippen LogP contribution in [-0.4, -0.2) is 28.2 Å². The Bertz CT molecular complexity index is 1150. The lowest BCUT2D eigenvalue weighted by atomic mass is 9.95. The smallest absolute Gasteiger partial charge is 0.295 e. The minimum atomic E-state index is -0.705. The first-order valence-electron chi connectivity index (χ1n) is 10.1. The maximum absolute atomic E-state index is 13.0. The van der Waals surface area contributed by atoms with Crippen LogP contribution in [0.25, 0.3) is 5.76 Å². The van der Waals surface area contributed by atoms with Crippen molar-refractivity contribution in [1.29, 1.82) is 0 Å². The molecule has 3 aromatic carbocycles. The highest BCUT2D eigenvalue weighted by Crippen LogP contribution is 2.40. The van der Waals surface area contributed by atoms with E-state index < -0.39 is 17.7 Å². The maximum Gasteiger partial charge on any atom is 0.295 e. The molecule has 0 saturated carbocycles. The number of aryl methyl sites for hydroxylation is 1. The number of nitrogens with zero attached hydrogens (tertiary/aromatic N) is 1. The summed E-state index contributed by atoms with van der Waals surface area (Å²) < 4.78 is 0. The molecule has 1 atom stereocenters. The zero-order valence-electron chi connectivity index (χ0n) is 17.1. The van der Waals surface area contributed by atoms with Crippen molar-refractivity contribution in [3.8, 4) is 0 Å². The van der Waals surface area contributed by atoms with Gasteiger partial charge in [-0.05, 0) is 36.6 Å². The highest BCUT2D eigenvalue weighted by molar-refractivity contribution is 6.46. The highest BCUT2D eigenvalue weighted by Gasteiger charge is 2.45. The standard InChI is InChI=1S/C26H22ClNO3/c1-17-10-12-19(13-11-17)24(29)22-23(20-8-5-9-21(27)16-20)28(26(31)25(22)30)15-14-18-6-3-2-4-7-18/h2-13,16,23,29H,14-15H2,1H3. The van der Waals surface area contributed by atoms with Crippen molar-refractivity contribution >= 4 is 29.1 Å². The van der Waals surface area contributed by atoms with Gasteiger partial charge in [-0.15, -0.1) is 0 Å². The third kappa shape index (κ3) is 4.25. The Morgan fingerprint density at radius 2 is 1.68 bits per heavy atom. The van der Waals surface area contributed by atoms with E-state index >= 15 is 0 Å². The molecule has 0 radical (unpaired) electrons. The molecular weight excluding hydrogens is 410 g/mol. The summed E-state index contributed by atoms with van der Waals surface area (Å²) in [5, 5.41) is 11.6. The summed E-state index contributed by atoms with van der Waals surface area (Å²) in [6.07, 6.45) is 0.593. The molecule has 4 nitrogen and oxygen atoms in total. The van der Waals surface area contributed by atoms with Gasteiger partial charge >= 0.3 is 0 Å². The van der Waals surface area contributed by atoms with Gasteiger partial charge in [-0.2, -0.15) is 0 Å². The molecule has 5 heteroatoms. The lowest BCUT2D eigenvalue weighted by molar-refractivity contribution is -0.139. The van der Waals surface area contributed by atoms with Crippen molar-refractivity contribution in [1.82, 2.24) is 4.90 Å². The number of carbonyl (C=O) groups excluding carboxylic acids is 2. The minimum absolute atomic E-state index is 0.0872. The van der Waals surface area contributed by atoms with Crippen LogP contribution in [0.1, 0.15) is 28.3 Å². The van der Waals surface area contributed by atoms with Crippen LogP contribution in [0.2, 0.25) is 5.02 Å². The molecule has 1 fully saturated rings. The van der Waals surface area contributed by atoms with E-state index in [1.165, 1.54) is 4.90 Å². The molecule has 1 aliphatic heterocycles. The molecule has 1 amide bonds. The van der Waals surface area contributed by atoms with E-state index in [1.807, 2.05) is 55.5 Å². The average molecular weight is 432 g/mol. The molecular formula is C26H22ClNO3. The second-order valence-corrected chi connectivity index (χ2v) is 8.09. The van der Waals surface area contributed by atoms with Crippen LogP contribution in [0.3, 0.4) is 0 Å². The van der Waals surface area contributed by atoms with E-state index in [1.54, 1.807) is 30.3 Å². The number of benzene rings is 3. The van der Waals surface area contributed by atoms with Gasteiger partial charge in [-0.1, -0.05) is 83.9 Å². The number of halogens is 1. The van der Waals surface area contributed by atoms with Crippen LogP contribution in [0, 0.1) is 6.92 Å². The number of amides is 1. The molecule has 1 N–H and O–H groups in total. The zero-order chi connectivity index (χ0) is 22.0. The topological polar surface area (TPSA) is 57.6 Å². The van der Waals surface area contributed by atoms with Gasteiger partial charge in [0.2, 0.25) is 0 Å². The van der Waals surface area contributed by atoms with Gasteiger partial charge in [0.25, 0.3) is 11.7 Å². The average Bonchev–Trinajstić information content (AvgIpc) is 3.03. The Morgan fingerprint density at radius 1 is 0.968 bits per heavy atom. The molecule has 0 bridgehead atoms. The zero-order valence-corrected chi connectivity index (χ0v) is 17.8. The number of Topliss-reactive ketones (excluding diaryl/α,β-unsaturated/α-hetero) is 1. The van der Waals surface area contributed by atoms with E-state index in [0.717, 1.165) is 11.1 Å². The molecule has 0 aromatic heterocycles. The molecule has 1 heterocycles. The second kappa shape index (κ2) is 8.78. The molecule has 31 heavy (non-hydrogen) atoms. The summed E-state index contributed by atoms with van der Waals surface area (Å²) in [7, 11) is 0. The van der Waals surface area contributed by atoms with Crippen LogP contribution in [0.5, 0.6) is 0 Å². The number of likely N-dealkylation sites (tertiary alicyclic amines) is 1. The lowest BCUT2D eigenvalue weighted by Crippen LogP contribution is -2.31. The van der Waals surface area contributed by atoms with Crippen molar-refractivity contribution in [2.24, 2.45) is 0 Å². The number of hydrogen-bond donors (Lipinski definition) is 1. The quantitative estimate of drug-likeness (QED) is 0.338. The SMILES string of the molecule is Cc1ccc(C(O)=C2C(=O)C(=O)N(CCc3ccccc3)C2c2cccc(Cl)c2)cc1. The van der Waals surface area contributed by atoms with E-state index in [2.05, 4.69) is 0 Å². The fourth-order valence-corrected chi connectivity index (χ4v) is 4.09. The molecule has 4 rings (SSSR count). The Morgan fingerprint density at radius 3 is 2.35 bits per heavy atom. The highest BCUT2D eigenvalue weighted by atomic mass is 35.5. The van der Waals surface area contributed by atoms with Crippen molar-refractivity contribution in [3.63, 3.8) is 0 Å². The Balaban J connectivity index is 1.79. The Kier molecular flexibility index (Phi) is 5.92. The third-order valence-corrected chi connectivity index (χ3v) is 5.75. The van der Waals surface area contributed by atoms with Crippen molar-refractivity contribution in [2.45, 2.75) is 19.4 Å². The van der Waals surface area contributed by atoms with E-state index in [0.29, 0.717) is 29.1 Å². The van der Waals surface area contributed by atoms with Gasteiger partial charge in [0.1, 0.15) is 5.76 Å². The normalized spacial score (nSPS) is 17.9. The first kappa shape index (κ1) is 20.9. The summed E-state index contributed by atoms with van der Waals surface area (Å²) in [5.41, 5.74) is 3.37. The third-order valence-electron chi connectivity index (χ3n) is 5.51. The number of rotatable bonds is 5. The lowest BCUT2D eigenvalue weighted by Gasteiger charge is -2.25. The monoisotopic (exact) mass is 431 g/mol. The Labute approximate surface area is 186 Å². The molecule has 1 saturated heterocycles. The van der Waals surface area contributed by atoms with Crippen LogP contribution in [-0.2, 0) is 16.0 Å². The molecule has 1 aliphatic rings. The van der Waals surface area contributed by atoms with Crippen molar-refractivity contribution in [3.05, 3.63) is 112 Å². The van der Waals surface area contributed by atoms with Gasteiger partial charge < -0.3 is 10.0 Å². The van der Waals surface area contributed by atoms with Gasteiger partial charge in [0.15, 0.2) is 0 Å². The van der Waals surface area contributed by atoms with Gasteiger partial charge in [0, 0.05) is 17.1 Å². The maximum atomic E-state index is 13.0. The number of aliphatic hydroxyl groups excluding tert-OH is 1. The first-order chi connectivity index (χ1) is 15.0. The predicted molar refractivity (Wildman–Crippen MR) is 122 cm³/mol. The number of ketones is 1. The molecule has 0 aliphatic carbocycles. The number of aliphatic hydroxyl groups is 1. The first-order valence-corrected chi connectivity index (χ1v) is 10.5. The molecule has 156 valence electrons. The number of hydrogen-bond acceptors (Lipinski definition) is 3. The Hall–Kier alpha value is -3.37. The van der Waals surface area contributed by atoms with Crippen LogP contribution >= 0.6 is 11.6 Å². The summed E-state index contributed by atoms with van der Waals surface area (Å²) in [5.74, 6) is -1.48. The summed E-state index contributed by atoms with van der Waals surface area (Å²) >= 11 is 6.21. The van der Waals surface area contributed by atoms with Gasteiger partial charge in [-0.25, -0.2) is 0 Å². The fraction of sp³-hybridized carbons (Fsp3) is 0.154. The van der Waals surface area contributed by atoms with E-state index in [4.69, 9.17) is 11.6 Å². The van der Waals surface area contributed by atoms with Crippen LogP contribution in [0.15, 0.2) is 84.4 Å².